The summed E-state index contributed by atoms with van der Waals surface area (Å²) in [5.41, 5.74) is 6.32. The van der Waals surface area contributed by atoms with Crippen molar-refractivity contribution in [3.05, 3.63) is 0 Å². The molecule has 3 heteroatoms. The van der Waals surface area contributed by atoms with Crippen molar-refractivity contribution in [1.29, 1.82) is 0 Å². The fourth-order valence-electron chi connectivity index (χ4n) is 2.64. The summed E-state index contributed by atoms with van der Waals surface area (Å²) in [6.45, 7) is 5.05. The second-order valence-electron chi connectivity index (χ2n) is 5.24. The van der Waals surface area contributed by atoms with E-state index in [4.69, 9.17) is 10.5 Å². The van der Waals surface area contributed by atoms with Crippen molar-refractivity contribution < 1.29 is 4.74 Å². The van der Waals surface area contributed by atoms with E-state index in [2.05, 4.69) is 5.32 Å². The summed E-state index contributed by atoms with van der Waals surface area (Å²) in [7, 11) is 0. The Bertz CT molecular complexity index is 181. The maximum absolute atomic E-state index is 5.83. The highest BCUT2D eigenvalue weighted by Crippen LogP contribution is 2.42. The van der Waals surface area contributed by atoms with Crippen LogP contribution in [0.25, 0.3) is 0 Å². The molecule has 1 unspecified atom stereocenters. The highest BCUT2D eigenvalue weighted by molar-refractivity contribution is 4.88. The first-order valence-electron chi connectivity index (χ1n) is 6.33. The van der Waals surface area contributed by atoms with Gasteiger partial charge in [0.05, 0.1) is 6.61 Å². The van der Waals surface area contributed by atoms with Crippen LogP contribution in [0.4, 0.5) is 0 Å². The molecule has 0 aromatic carbocycles. The van der Waals surface area contributed by atoms with E-state index in [0.29, 0.717) is 5.41 Å². The van der Waals surface area contributed by atoms with E-state index in [-0.39, 0.29) is 0 Å². The van der Waals surface area contributed by atoms with E-state index >= 15 is 0 Å². The van der Waals surface area contributed by atoms with Crippen molar-refractivity contribution in [2.75, 3.05) is 32.8 Å². The Hall–Kier alpha value is -0.120. The first-order valence-corrected chi connectivity index (χ1v) is 6.33. The predicted octanol–water partition coefficient (Wildman–Crippen LogP) is 1.13. The molecule has 1 aliphatic heterocycles. The maximum Gasteiger partial charge on any atom is 0.0507 e. The monoisotopic (exact) mass is 212 g/mol. The molecule has 1 aliphatic carbocycles. The van der Waals surface area contributed by atoms with Crippen LogP contribution < -0.4 is 11.1 Å². The largest absolute Gasteiger partial charge is 0.381 e. The zero-order chi connectivity index (χ0) is 10.6. The van der Waals surface area contributed by atoms with E-state index in [9.17, 15) is 0 Å². The van der Waals surface area contributed by atoms with E-state index in [1.165, 1.54) is 32.1 Å². The van der Waals surface area contributed by atoms with Gasteiger partial charge in [-0.25, -0.2) is 0 Å². The molecule has 15 heavy (non-hydrogen) atoms. The van der Waals surface area contributed by atoms with E-state index in [1.54, 1.807) is 0 Å². The molecule has 0 aromatic rings. The van der Waals surface area contributed by atoms with Crippen molar-refractivity contribution in [2.24, 2.45) is 17.1 Å². The molecule has 88 valence electrons. The molecule has 0 amide bonds. The number of ether oxygens (including phenoxy) is 1. The van der Waals surface area contributed by atoms with Crippen LogP contribution in [0, 0.1) is 11.3 Å². The summed E-state index contributed by atoms with van der Waals surface area (Å²) in [6.07, 6.45) is 6.56. The van der Waals surface area contributed by atoms with Gasteiger partial charge >= 0.3 is 0 Å². The van der Waals surface area contributed by atoms with Crippen LogP contribution in [0.15, 0.2) is 0 Å². The highest BCUT2D eigenvalue weighted by Gasteiger charge is 2.34. The molecule has 1 atom stereocenters. The topological polar surface area (TPSA) is 47.3 Å². The van der Waals surface area contributed by atoms with Gasteiger partial charge in [0.2, 0.25) is 0 Å². The first kappa shape index (κ1) is 11.4. The second-order valence-corrected chi connectivity index (χ2v) is 5.24. The van der Waals surface area contributed by atoms with Crippen LogP contribution in [0.5, 0.6) is 0 Å². The molecule has 2 aliphatic rings. The zero-order valence-corrected chi connectivity index (χ0v) is 9.63. The lowest BCUT2D eigenvalue weighted by Gasteiger charge is -2.41. The second kappa shape index (κ2) is 5.28. The Morgan fingerprint density at radius 2 is 2.27 bits per heavy atom. The van der Waals surface area contributed by atoms with Gasteiger partial charge in [0.1, 0.15) is 0 Å². The van der Waals surface area contributed by atoms with Crippen LogP contribution in [0.2, 0.25) is 0 Å². The van der Waals surface area contributed by atoms with Gasteiger partial charge in [-0.15, -0.1) is 0 Å². The lowest BCUT2D eigenvalue weighted by atomic mass is 9.67. The molecule has 1 saturated carbocycles. The smallest absolute Gasteiger partial charge is 0.0507 e. The summed E-state index contributed by atoms with van der Waals surface area (Å²) in [6, 6.07) is 0. The SMILES string of the molecule is NCC1(CCNCC2CCOC2)CCC1. The zero-order valence-electron chi connectivity index (χ0n) is 9.63. The number of hydrogen-bond donors (Lipinski definition) is 2. The predicted molar refractivity (Wildman–Crippen MR) is 61.8 cm³/mol. The molecule has 3 N–H and O–H groups in total. The summed E-state index contributed by atoms with van der Waals surface area (Å²) in [5, 5.41) is 3.55. The summed E-state index contributed by atoms with van der Waals surface area (Å²) < 4.78 is 5.35. The highest BCUT2D eigenvalue weighted by atomic mass is 16.5. The van der Waals surface area contributed by atoms with Gasteiger partial charge in [-0.2, -0.15) is 0 Å². The number of hydrogen-bond acceptors (Lipinski definition) is 3. The Morgan fingerprint density at radius 3 is 2.80 bits per heavy atom. The summed E-state index contributed by atoms with van der Waals surface area (Å²) in [4.78, 5) is 0. The third-order valence-corrected chi connectivity index (χ3v) is 4.14. The van der Waals surface area contributed by atoms with Crippen LogP contribution >= 0.6 is 0 Å². The Kier molecular flexibility index (Phi) is 4.00. The molecular weight excluding hydrogens is 188 g/mol. The lowest BCUT2D eigenvalue weighted by Crippen LogP contribution is -2.40. The minimum atomic E-state index is 0.499. The number of nitrogens with one attached hydrogen (secondary N) is 1. The molecule has 0 bridgehead atoms. The molecule has 0 spiro atoms. The van der Waals surface area contributed by atoms with Crippen molar-refractivity contribution in [3.63, 3.8) is 0 Å². The normalized spacial score (nSPS) is 29.0. The quantitative estimate of drug-likeness (QED) is 0.649. The van der Waals surface area contributed by atoms with Crippen molar-refractivity contribution in [2.45, 2.75) is 32.1 Å². The Balaban J connectivity index is 1.54. The van der Waals surface area contributed by atoms with Gasteiger partial charge in [0.15, 0.2) is 0 Å². The van der Waals surface area contributed by atoms with E-state index < -0.39 is 0 Å². The van der Waals surface area contributed by atoms with Crippen molar-refractivity contribution >= 4 is 0 Å². The average molecular weight is 212 g/mol. The van der Waals surface area contributed by atoms with Gasteiger partial charge in [-0.3, -0.25) is 0 Å². The fraction of sp³-hybridized carbons (Fsp3) is 1.00. The minimum absolute atomic E-state index is 0.499. The standard InChI is InChI=1S/C12H24N2O/c13-10-12(3-1-4-12)5-6-14-8-11-2-7-15-9-11/h11,14H,1-10,13H2. The van der Waals surface area contributed by atoms with Gasteiger partial charge < -0.3 is 15.8 Å². The number of nitrogens with two attached hydrogens (primary N) is 1. The summed E-state index contributed by atoms with van der Waals surface area (Å²) in [5.74, 6) is 0.750. The molecule has 3 nitrogen and oxygen atoms in total. The van der Waals surface area contributed by atoms with Crippen LogP contribution in [0.3, 0.4) is 0 Å². The van der Waals surface area contributed by atoms with Gasteiger partial charge in [-0.05, 0) is 50.1 Å². The molecule has 2 rings (SSSR count). The van der Waals surface area contributed by atoms with E-state index in [0.717, 1.165) is 38.8 Å². The maximum atomic E-state index is 5.83. The Labute approximate surface area is 92.7 Å². The average Bonchev–Trinajstić information content (AvgIpc) is 2.68. The van der Waals surface area contributed by atoms with Crippen LogP contribution in [-0.4, -0.2) is 32.8 Å². The molecular formula is C12H24N2O. The molecule has 1 saturated heterocycles. The molecule has 0 radical (unpaired) electrons. The third-order valence-electron chi connectivity index (χ3n) is 4.14. The number of rotatable bonds is 6. The first-order chi connectivity index (χ1) is 7.35. The van der Waals surface area contributed by atoms with Crippen molar-refractivity contribution in [3.8, 4) is 0 Å². The third kappa shape index (κ3) is 2.92. The minimum Gasteiger partial charge on any atom is -0.381 e. The molecule has 1 heterocycles. The van der Waals surface area contributed by atoms with Crippen molar-refractivity contribution in [1.82, 2.24) is 5.32 Å². The summed E-state index contributed by atoms with van der Waals surface area (Å²) >= 11 is 0. The van der Waals surface area contributed by atoms with Crippen LogP contribution in [-0.2, 0) is 4.74 Å². The fourth-order valence-corrected chi connectivity index (χ4v) is 2.64. The molecule has 0 aromatic heterocycles. The van der Waals surface area contributed by atoms with Crippen LogP contribution in [0.1, 0.15) is 32.1 Å². The Morgan fingerprint density at radius 1 is 1.40 bits per heavy atom. The van der Waals surface area contributed by atoms with Gasteiger partial charge in [-0.1, -0.05) is 6.42 Å². The van der Waals surface area contributed by atoms with Gasteiger partial charge in [0, 0.05) is 13.2 Å². The van der Waals surface area contributed by atoms with E-state index in [1.807, 2.05) is 0 Å². The lowest BCUT2D eigenvalue weighted by molar-refractivity contribution is 0.129. The van der Waals surface area contributed by atoms with Gasteiger partial charge in [0.25, 0.3) is 0 Å². The molecule has 2 fully saturated rings.